The molecule has 0 spiro atoms. The highest BCUT2D eigenvalue weighted by Crippen LogP contribution is 2.28. The Kier molecular flexibility index (Phi) is 4.95. The second-order valence-corrected chi connectivity index (χ2v) is 6.29. The van der Waals surface area contributed by atoms with Gasteiger partial charge in [-0.3, -0.25) is 5.32 Å². The van der Waals surface area contributed by atoms with Crippen molar-refractivity contribution in [2.75, 3.05) is 23.8 Å². The number of benzene rings is 1. The van der Waals surface area contributed by atoms with Crippen LogP contribution in [0.1, 0.15) is 17.5 Å². The first-order chi connectivity index (χ1) is 11.7. The van der Waals surface area contributed by atoms with E-state index in [0.717, 1.165) is 16.3 Å². The van der Waals surface area contributed by atoms with E-state index in [4.69, 9.17) is 4.74 Å². The Labute approximate surface area is 143 Å². The van der Waals surface area contributed by atoms with Crippen molar-refractivity contribution >= 4 is 34.3 Å². The van der Waals surface area contributed by atoms with Crippen LogP contribution in [-0.2, 0) is 17.7 Å². The lowest BCUT2D eigenvalue weighted by molar-refractivity contribution is 0.168. The predicted octanol–water partition coefficient (Wildman–Crippen LogP) is 3.30. The van der Waals surface area contributed by atoms with Crippen LogP contribution in [0.4, 0.5) is 20.4 Å². The van der Waals surface area contributed by atoms with Crippen molar-refractivity contribution < 1.29 is 14.3 Å². The van der Waals surface area contributed by atoms with E-state index in [1.165, 1.54) is 11.3 Å². The first kappa shape index (κ1) is 16.3. The van der Waals surface area contributed by atoms with Crippen molar-refractivity contribution in [2.45, 2.75) is 19.9 Å². The maximum atomic E-state index is 12.4. The molecule has 2 aromatic rings. The topological polar surface area (TPSA) is 83.6 Å². The number of thiazole rings is 1. The lowest BCUT2D eigenvalue weighted by Gasteiger charge is -2.26. The molecule has 0 aliphatic carbocycles. The summed E-state index contributed by atoms with van der Waals surface area (Å²) in [6.07, 6.45) is 0.153. The Morgan fingerprint density at radius 2 is 2.08 bits per heavy atom. The van der Waals surface area contributed by atoms with E-state index in [2.05, 4.69) is 15.6 Å². The van der Waals surface area contributed by atoms with Crippen molar-refractivity contribution in [2.24, 2.45) is 0 Å². The molecule has 1 aliphatic rings. The normalized spacial score (nSPS) is 13.1. The number of hydrogen-bond donors (Lipinski definition) is 2. The van der Waals surface area contributed by atoms with E-state index in [9.17, 15) is 9.59 Å². The Balaban J connectivity index is 1.62. The Morgan fingerprint density at radius 3 is 2.83 bits per heavy atom. The van der Waals surface area contributed by atoms with Gasteiger partial charge in [-0.15, -0.1) is 0 Å². The molecule has 8 heteroatoms. The van der Waals surface area contributed by atoms with Crippen LogP contribution in [0.15, 0.2) is 30.3 Å². The van der Waals surface area contributed by atoms with Crippen LogP contribution >= 0.6 is 11.3 Å². The molecule has 1 aliphatic heterocycles. The first-order valence-corrected chi connectivity index (χ1v) is 8.50. The average Bonchev–Trinajstić information content (AvgIpc) is 2.97. The first-order valence-electron chi connectivity index (χ1n) is 7.69. The largest absolute Gasteiger partial charge is 0.450 e. The molecule has 0 fully saturated rings. The summed E-state index contributed by atoms with van der Waals surface area (Å²) in [4.78, 5) is 30.9. The van der Waals surface area contributed by atoms with E-state index >= 15 is 0 Å². The molecule has 2 N–H and O–H groups in total. The Morgan fingerprint density at radius 1 is 1.29 bits per heavy atom. The third kappa shape index (κ3) is 3.83. The molecule has 24 heavy (non-hydrogen) atoms. The number of amides is 3. The summed E-state index contributed by atoms with van der Waals surface area (Å²) < 4.78 is 4.85. The summed E-state index contributed by atoms with van der Waals surface area (Å²) in [5, 5.41) is 5.99. The number of rotatable bonds is 3. The molecule has 0 atom stereocenters. The second kappa shape index (κ2) is 7.31. The number of hydrogen-bond acceptors (Lipinski definition) is 5. The van der Waals surface area contributed by atoms with E-state index in [1.54, 1.807) is 11.8 Å². The Bertz CT molecular complexity index is 732. The van der Waals surface area contributed by atoms with E-state index < -0.39 is 6.09 Å². The van der Waals surface area contributed by atoms with Gasteiger partial charge in [0.25, 0.3) is 0 Å². The van der Waals surface area contributed by atoms with Crippen molar-refractivity contribution in [1.82, 2.24) is 9.88 Å². The zero-order chi connectivity index (χ0) is 16.9. The smallest absolute Gasteiger partial charge is 0.413 e. The number of aromatic nitrogens is 1. The number of anilines is 2. The average molecular weight is 346 g/mol. The summed E-state index contributed by atoms with van der Waals surface area (Å²) in [5.74, 6) is 0. The van der Waals surface area contributed by atoms with Crippen LogP contribution in [0, 0.1) is 0 Å². The number of fused-ring (bicyclic) bond motifs is 1. The van der Waals surface area contributed by atoms with Crippen molar-refractivity contribution in [1.29, 1.82) is 0 Å². The Hall–Kier alpha value is -2.61. The molecule has 3 rings (SSSR count). The van der Waals surface area contributed by atoms with Gasteiger partial charge in [0.15, 0.2) is 5.13 Å². The van der Waals surface area contributed by atoms with E-state index in [1.807, 2.05) is 30.3 Å². The molecule has 1 aromatic carbocycles. The molecule has 3 amide bonds. The molecule has 0 saturated heterocycles. The fourth-order valence-electron chi connectivity index (χ4n) is 2.40. The van der Waals surface area contributed by atoms with E-state index in [-0.39, 0.29) is 6.03 Å². The highest BCUT2D eigenvalue weighted by molar-refractivity contribution is 7.15. The number of nitrogens with one attached hydrogen (secondary N) is 2. The molecule has 7 nitrogen and oxygen atoms in total. The van der Waals surface area contributed by atoms with Crippen LogP contribution in [-0.4, -0.2) is 35.2 Å². The molecule has 1 aromatic heterocycles. The number of carbonyl (C=O) groups excluding carboxylic acids is 2. The van der Waals surface area contributed by atoms with Gasteiger partial charge in [0.1, 0.15) is 0 Å². The number of nitrogens with zero attached hydrogens (tertiary/aromatic N) is 2. The van der Waals surface area contributed by atoms with Gasteiger partial charge < -0.3 is 15.0 Å². The summed E-state index contributed by atoms with van der Waals surface area (Å²) in [5.41, 5.74) is 1.69. The van der Waals surface area contributed by atoms with Gasteiger partial charge in [-0.05, 0) is 19.1 Å². The molecular weight excluding hydrogens is 328 g/mol. The van der Waals surface area contributed by atoms with Crippen LogP contribution in [0.2, 0.25) is 0 Å². The monoisotopic (exact) mass is 346 g/mol. The highest BCUT2D eigenvalue weighted by Gasteiger charge is 2.24. The molecule has 0 unspecified atom stereocenters. The minimum absolute atomic E-state index is 0.139. The molecule has 0 radical (unpaired) electrons. The number of urea groups is 1. The fourth-order valence-corrected chi connectivity index (χ4v) is 3.41. The molecule has 0 saturated carbocycles. The predicted molar refractivity (Wildman–Crippen MR) is 92.3 cm³/mol. The van der Waals surface area contributed by atoms with Crippen LogP contribution in [0.25, 0.3) is 0 Å². The van der Waals surface area contributed by atoms with Gasteiger partial charge in [-0.2, -0.15) is 0 Å². The zero-order valence-electron chi connectivity index (χ0n) is 13.2. The third-order valence-corrected chi connectivity index (χ3v) is 4.53. The second-order valence-electron chi connectivity index (χ2n) is 5.20. The molecular formula is C16H18N4O3S. The molecule has 0 bridgehead atoms. The maximum Gasteiger partial charge on any atom is 0.413 e. The van der Waals surface area contributed by atoms with Crippen molar-refractivity contribution in [3.63, 3.8) is 0 Å². The minimum Gasteiger partial charge on any atom is -0.450 e. The maximum absolute atomic E-state index is 12.4. The lowest BCUT2D eigenvalue weighted by Crippen LogP contribution is -2.38. The van der Waals surface area contributed by atoms with Crippen LogP contribution in [0.5, 0.6) is 0 Å². The quantitative estimate of drug-likeness (QED) is 0.893. The van der Waals surface area contributed by atoms with Gasteiger partial charge in [-0.1, -0.05) is 29.5 Å². The zero-order valence-corrected chi connectivity index (χ0v) is 14.1. The number of ether oxygens (including phenoxy) is 1. The summed E-state index contributed by atoms with van der Waals surface area (Å²) in [6.45, 7) is 3.13. The van der Waals surface area contributed by atoms with Crippen LogP contribution < -0.4 is 10.6 Å². The van der Waals surface area contributed by atoms with Crippen molar-refractivity contribution in [3.8, 4) is 0 Å². The highest BCUT2D eigenvalue weighted by atomic mass is 32.1. The standard InChI is InChI=1S/C16H18N4O3S/c1-2-23-16(22)19-14-18-12-8-9-20(10-13(12)24-14)15(21)17-11-6-4-3-5-7-11/h3-7H,2,8-10H2,1H3,(H,17,21)(H,18,19,22). The molecule has 126 valence electrons. The number of para-hydroxylation sites is 1. The lowest BCUT2D eigenvalue weighted by atomic mass is 10.2. The SMILES string of the molecule is CCOC(=O)Nc1nc2c(s1)CN(C(=O)Nc1ccccc1)CC2. The van der Waals surface area contributed by atoms with Crippen LogP contribution in [0.3, 0.4) is 0 Å². The van der Waals surface area contributed by atoms with Gasteiger partial charge in [0.05, 0.1) is 18.8 Å². The minimum atomic E-state index is -0.512. The van der Waals surface area contributed by atoms with Crippen molar-refractivity contribution in [3.05, 3.63) is 40.9 Å². The van der Waals surface area contributed by atoms with Gasteiger partial charge in [0.2, 0.25) is 0 Å². The molecule has 2 heterocycles. The third-order valence-electron chi connectivity index (χ3n) is 3.53. The number of carbonyl (C=O) groups is 2. The van der Waals surface area contributed by atoms with Gasteiger partial charge in [-0.25, -0.2) is 14.6 Å². The summed E-state index contributed by atoms with van der Waals surface area (Å²) in [6, 6.07) is 9.21. The van der Waals surface area contributed by atoms with Gasteiger partial charge in [0, 0.05) is 23.5 Å². The summed E-state index contributed by atoms with van der Waals surface area (Å²) in [7, 11) is 0. The fraction of sp³-hybridized carbons (Fsp3) is 0.312. The van der Waals surface area contributed by atoms with E-state index in [0.29, 0.717) is 31.2 Å². The summed E-state index contributed by atoms with van der Waals surface area (Å²) >= 11 is 1.37. The van der Waals surface area contributed by atoms with Gasteiger partial charge >= 0.3 is 12.1 Å².